The van der Waals surface area contributed by atoms with Crippen molar-refractivity contribution in [3.63, 3.8) is 0 Å². The first-order valence-corrected chi connectivity index (χ1v) is 7.38. The van der Waals surface area contributed by atoms with Gasteiger partial charge < -0.3 is 4.74 Å². The number of hydrogen-bond acceptors (Lipinski definition) is 3. The van der Waals surface area contributed by atoms with E-state index in [0.717, 1.165) is 25.0 Å². The van der Waals surface area contributed by atoms with Crippen molar-refractivity contribution in [1.29, 1.82) is 0 Å². The number of nitrogens with zero attached hydrogens (tertiary/aromatic N) is 1. The first-order valence-electron chi connectivity index (χ1n) is 7.01. The zero-order valence-corrected chi connectivity index (χ0v) is 12.5. The maximum Gasteiger partial charge on any atom is 0.338 e. The van der Waals surface area contributed by atoms with Crippen molar-refractivity contribution in [1.82, 2.24) is 4.98 Å². The van der Waals surface area contributed by atoms with E-state index in [0.29, 0.717) is 17.3 Å². The molecule has 0 amide bonds. The normalized spacial score (nSPS) is 10.5. The van der Waals surface area contributed by atoms with Crippen LogP contribution in [-0.4, -0.2) is 17.6 Å². The molecule has 0 bridgehead atoms. The Morgan fingerprint density at radius 2 is 1.95 bits per heavy atom. The van der Waals surface area contributed by atoms with Crippen LogP contribution in [0.4, 0.5) is 0 Å². The predicted octanol–water partition coefficient (Wildman–Crippen LogP) is 4.42. The Balaban J connectivity index is 2.39. The second kappa shape index (κ2) is 8.92. The summed E-state index contributed by atoms with van der Waals surface area (Å²) >= 11 is 5.87. The lowest BCUT2D eigenvalue weighted by molar-refractivity contribution is 0.0497. The van der Waals surface area contributed by atoms with Gasteiger partial charge in [-0.05, 0) is 25.0 Å². The molecule has 0 radical (unpaired) electrons. The van der Waals surface area contributed by atoms with E-state index in [1.54, 1.807) is 12.1 Å². The summed E-state index contributed by atoms with van der Waals surface area (Å²) in [5.41, 5.74) is 1.30. The summed E-state index contributed by atoms with van der Waals surface area (Å²) in [5.74, 6) is -0.311. The minimum Gasteiger partial charge on any atom is -0.462 e. The summed E-state index contributed by atoms with van der Waals surface area (Å²) in [6.45, 7) is 4.63. The summed E-state index contributed by atoms with van der Waals surface area (Å²) in [7, 11) is 0. The van der Waals surface area contributed by atoms with Gasteiger partial charge in [-0.25, -0.2) is 9.78 Å². The van der Waals surface area contributed by atoms with Crippen LogP contribution < -0.4 is 0 Å². The number of hydrogen-bond donors (Lipinski definition) is 0. The van der Waals surface area contributed by atoms with E-state index in [2.05, 4.69) is 11.9 Å². The topological polar surface area (TPSA) is 39.2 Å². The van der Waals surface area contributed by atoms with Crippen LogP contribution in [0.5, 0.6) is 0 Å². The molecule has 0 unspecified atom stereocenters. The second-order valence-electron chi connectivity index (χ2n) is 4.57. The number of aryl methyl sites for hydroxylation is 1. The summed E-state index contributed by atoms with van der Waals surface area (Å²) < 4.78 is 5.24. The van der Waals surface area contributed by atoms with Gasteiger partial charge in [0.25, 0.3) is 0 Å². The average molecular weight is 284 g/mol. The molecule has 3 nitrogen and oxygen atoms in total. The molecule has 0 N–H and O–H groups in total. The molecule has 0 aliphatic rings. The lowest BCUT2D eigenvalue weighted by atomic mass is 10.2. The van der Waals surface area contributed by atoms with Crippen LogP contribution >= 0.6 is 11.6 Å². The van der Waals surface area contributed by atoms with Gasteiger partial charge >= 0.3 is 5.97 Å². The minimum atomic E-state index is -0.311. The number of carbonyl (C=O) groups is 1. The summed E-state index contributed by atoms with van der Waals surface area (Å²) in [5, 5.41) is 0.342. The second-order valence-corrected chi connectivity index (χ2v) is 4.96. The molecule has 0 saturated heterocycles. The number of esters is 1. The van der Waals surface area contributed by atoms with Gasteiger partial charge in [0.1, 0.15) is 5.15 Å². The number of carbonyl (C=O) groups excluding carboxylic acids is 1. The van der Waals surface area contributed by atoms with Crippen molar-refractivity contribution in [2.75, 3.05) is 6.61 Å². The molecule has 4 heteroatoms. The number of pyridine rings is 1. The molecule has 0 fully saturated rings. The van der Waals surface area contributed by atoms with E-state index in [-0.39, 0.29) is 5.97 Å². The molecule has 1 rings (SSSR count). The number of unbranched alkanes of at least 4 members (excludes halogenated alkanes) is 4. The molecule has 0 aliphatic heterocycles. The molecule has 1 aromatic heterocycles. The number of halogens is 1. The quantitative estimate of drug-likeness (QED) is 0.403. The molecule has 0 atom stereocenters. The van der Waals surface area contributed by atoms with Crippen molar-refractivity contribution in [2.24, 2.45) is 0 Å². The van der Waals surface area contributed by atoms with Crippen LogP contribution in [0, 0.1) is 0 Å². The van der Waals surface area contributed by atoms with E-state index in [9.17, 15) is 4.79 Å². The summed E-state index contributed by atoms with van der Waals surface area (Å²) in [6.07, 6.45) is 6.44. The van der Waals surface area contributed by atoms with Crippen LogP contribution in [0.15, 0.2) is 12.1 Å². The summed E-state index contributed by atoms with van der Waals surface area (Å²) in [4.78, 5) is 16.0. The van der Waals surface area contributed by atoms with Gasteiger partial charge in [0, 0.05) is 5.69 Å². The SMILES string of the molecule is CCCCCCCOC(=O)c1cc(Cl)nc(CC)c1. The van der Waals surface area contributed by atoms with Crippen molar-refractivity contribution in [3.05, 3.63) is 28.5 Å². The Kier molecular flexibility index (Phi) is 7.49. The fourth-order valence-electron chi connectivity index (χ4n) is 1.80. The smallest absolute Gasteiger partial charge is 0.338 e. The zero-order chi connectivity index (χ0) is 14.1. The zero-order valence-electron chi connectivity index (χ0n) is 11.7. The van der Waals surface area contributed by atoms with Gasteiger partial charge in [0.2, 0.25) is 0 Å². The minimum absolute atomic E-state index is 0.311. The highest BCUT2D eigenvalue weighted by molar-refractivity contribution is 6.29. The number of aromatic nitrogens is 1. The standard InChI is InChI=1S/C15H22ClNO2/c1-3-5-6-7-8-9-19-15(18)12-10-13(4-2)17-14(16)11-12/h10-11H,3-9H2,1-2H3. The molecule has 0 aliphatic carbocycles. The molecular weight excluding hydrogens is 262 g/mol. The van der Waals surface area contributed by atoms with Crippen molar-refractivity contribution >= 4 is 17.6 Å². The Bertz CT molecular complexity index is 407. The molecule has 19 heavy (non-hydrogen) atoms. The van der Waals surface area contributed by atoms with Crippen molar-refractivity contribution < 1.29 is 9.53 Å². The predicted molar refractivity (Wildman–Crippen MR) is 77.7 cm³/mol. The van der Waals surface area contributed by atoms with Crippen LogP contribution in [0.1, 0.15) is 62.0 Å². The Morgan fingerprint density at radius 1 is 1.21 bits per heavy atom. The number of rotatable bonds is 8. The van der Waals surface area contributed by atoms with Gasteiger partial charge in [-0.15, -0.1) is 0 Å². The highest BCUT2D eigenvalue weighted by Crippen LogP contribution is 2.13. The third-order valence-electron chi connectivity index (χ3n) is 2.93. The Morgan fingerprint density at radius 3 is 2.63 bits per heavy atom. The lowest BCUT2D eigenvalue weighted by Gasteiger charge is -2.06. The Labute approximate surface area is 120 Å². The van der Waals surface area contributed by atoms with Crippen LogP contribution in [-0.2, 0) is 11.2 Å². The highest BCUT2D eigenvalue weighted by atomic mass is 35.5. The van der Waals surface area contributed by atoms with E-state index < -0.39 is 0 Å². The van der Waals surface area contributed by atoms with Crippen LogP contribution in [0.25, 0.3) is 0 Å². The van der Waals surface area contributed by atoms with Gasteiger partial charge in [-0.1, -0.05) is 51.1 Å². The van der Waals surface area contributed by atoms with Crippen molar-refractivity contribution in [2.45, 2.75) is 52.4 Å². The maximum atomic E-state index is 11.8. The lowest BCUT2D eigenvalue weighted by Crippen LogP contribution is -2.07. The summed E-state index contributed by atoms with van der Waals surface area (Å²) in [6, 6.07) is 3.30. The first-order chi connectivity index (χ1) is 9.17. The monoisotopic (exact) mass is 283 g/mol. The van der Waals surface area contributed by atoms with E-state index in [1.807, 2.05) is 6.92 Å². The van der Waals surface area contributed by atoms with E-state index in [1.165, 1.54) is 19.3 Å². The highest BCUT2D eigenvalue weighted by Gasteiger charge is 2.09. The fourth-order valence-corrected chi connectivity index (χ4v) is 2.03. The van der Waals surface area contributed by atoms with Gasteiger partial charge in [-0.3, -0.25) is 0 Å². The number of ether oxygens (including phenoxy) is 1. The third-order valence-corrected chi connectivity index (χ3v) is 3.12. The Hall–Kier alpha value is -1.09. The van der Waals surface area contributed by atoms with Crippen molar-refractivity contribution in [3.8, 4) is 0 Å². The molecule has 106 valence electrons. The van der Waals surface area contributed by atoms with Gasteiger partial charge in [-0.2, -0.15) is 0 Å². The van der Waals surface area contributed by atoms with Gasteiger partial charge in [0.15, 0.2) is 0 Å². The molecule has 1 heterocycles. The molecule has 0 spiro atoms. The molecular formula is C15H22ClNO2. The van der Waals surface area contributed by atoms with E-state index in [4.69, 9.17) is 16.3 Å². The largest absolute Gasteiger partial charge is 0.462 e. The van der Waals surface area contributed by atoms with E-state index >= 15 is 0 Å². The fraction of sp³-hybridized carbons (Fsp3) is 0.600. The van der Waals surface area contributed by atoms with Crippen LogP contribution in [0.3, 0.4) is 0 Å². The first kappa shape index (κ1) is 16.0. The molecule has 0 saturated carbocycles. The average Bonchev–Trinajstić information content (AvgIpc) is 2.41. The molecule has 0 aromatic carbocycles. The maximum absolute atomic E-state index is 11.8. The molecule has 1 aromatic rings. The van der Waals surface area contributed by atoms with Gasteiger partial charge in [0.05, 0.1) is 12.2 Å². The van der Waals surface area contributed by atoms with Crippen LogP contribution in [0.2, 0.25) is 5.15 Å². The third kappa shape index (κ3) is 6.06.